The highest BCUT2D eigenvalue weighted by Gasteiger charge is 2.07. The van der Waals surface area contributed by atoms with Gasteiger partial charge in [-0.15, -0.1) is 0 Å². The Labute approximate surface area is 88.2 Å². The quantitative estimate of drug-likeness (QED) is 0.697. The van der Waals surface area contributed by atoms with Gasteiger partial charge in [-0.25, -0.2) is 4.98 Å². The Balaban J connectivity index is 2.26. The van der Waals surface area contributed by atoms with E-state index in [0.29, 0.717) is 17.5 Å². The molecule has 0 spiro atoms. The highest BCUT2D eigenvalue weighted by molar-refractivity contribution is 7.19. The van der Waals surface area contributed by atoms with Crippen LogP contribution < -0.4 is 11.1 Å². The van der Waals surface area contributed by atoms with E-state index < -0.39 is 0 Å². The molecule has 0 radical (unpaired) electrons. The second-order valence-electron chi connectivity index (χ2n) is 3.73. The van der Waals surface area contributed by atoms with Crippen LogP contribution in [0.15, 0.2) is 6.20 Å². The molecule has 1 aromatic rings. The van der Waals surface area contributed by atoms with E-state index in [2.05, 4.69) is 24.1 Å². The van der Waals surface area contributed by atoms with E-state index in [1.807, 2.05) is 0 Å². The SMILES string of the molecule is CC(C)CC(O)CNc1ncc(N)s1. The highest BCUT2D eigenvalue weighted by Crippen LogP contribution is 2.19. The van der Waals surface area contributed by atoms with Crippen molar-refractivity contribution in [3.63, 3.8) is 0 Å². The lowest BCUT2D eigenvalue weighted by Gasteiger charge is -2.12. The molecular weight excluding hydrogens is 198 g/mol. The Hall–Kier alpha value is -0.810. The van der Waals surface area contributed by atoms with Gasteiger partial charge in [0.2, 0.25) is 0 Å². The van der Waals surface area contributed by atoms with E-state index in [1.54, 1.807) is 6.20 Å². The molecule has 0 saturated heterocycles. The number of aliphatic hydroxyl groups excluding tert-OH is 1. The number of aromatic nitrogens is 1. The minimum Gasteiger partial charge on any atom is -0.391 e. The van der Waals surface area contributed by atoms with E-state index in [9.17, 15) is 5.11 Å². The van der Waals surface area contributed by atoms with Crippen LogP contribution in [0, 0.1) is 5.92 Å². The van der Waals surface area contributed by atoms with Crippen LogP contribution in [0.5, 0.6) is 0 Å². The molecule has 1 rings (SSSR count). The normalized spacial score (nSPS) is 13.1. The van der Waals surface area contributed by atoms with E-state index in [1.165, 1.54) is 11.3 Å². The van der Waals surface area contributed by atoms with Crippen molar-refractivity contribution in [2.24, 2.45) is 5.92 Å². The van der Waals surface area contributed by atoms with Crippen molar-refractivity contribution >= 4 is 21.5 Å². The number of nitrogens with one attached hydrogen (secondary N) is 1. The molecule has 0 aliphatic heterocycles. The number of nitrogen functional groups attached to an aromatic ring is 1. The maximum atomic E-state index is 9.57. The fraction of sp³-hybridized carbons (Fsp3) is 0.667. The Morgan fingerprint density at radius 3 is 2.86 bits per heavy atom. The fourth-order valence-electron chi connectivity index (χ4n) is 1.20. The van der Waals surface area contributed by atoms with Crippen molar-refractivity contribution in [1.29, 1.82) is 0 Å². The molecule has 80 valence electrons. The Kier molecular flexibility index (Phi) is 4.16. The van der Waals surface area contributed by atoms with Crippen LogP contribution in [0.25, 0.3) is 0 Å². The van der Waals surface area contributed by atoms with Crippen molar-refractivity contribution in [3.05, 3.63) is 6.20 Å². The molecule has 5 heteroatoms. The zero-order valence-corrected chi connectivity index (χ0v) is 9.34. The topological polar surface area (TPSA) is 71.2 Å². The third kappa shape index (κ3) is 3.93. The minimum absolute atomic E-state index is 0.319. The van der Waals surface area contributed by atoms with Crippen LogP contribution in [0.3, 0.4) is 0 Å². The number of hydrogen-bond donors (Lipinski definition) is 3. The number of anilines is 2. The summed E-state index contributed by atoms with van der Waals surface area (Å²) in [5, 5.41) is 14.1. The summed E-state index contributed by atoms with van der Waals surface area (Å²) < 4.78 is 0. The monoisotopic (exact) mass is 215 g/mol. The molecule has 4 N–H and O–H groups in total. The van der Waals surface area contributed by atoms with E-state index in [-0.39, 0.29) is 6.10 Å². The summed E-state index contributed by atoms with van der Waals surface area (Å²) >= 11 is 1.39. The lowest BCUT2D eigenvalue weighted by Crippen LogP contribution is -2.21. The molecule has 0 saturated carbocycles. The number of nitrogens with zero attached hydrogens (tertiary/aromatic N) is 1. The smallest absolute Gasteiger partial charge is 0.184 e. The first-order valence-electron chi connectivity index (χ1n) is 4.71. The molecule has 0 bridgehead atoms. The average molecular weight is 215 g/mol. The van der Waals surface area contributed by atoms with Gasteiger partial charge in [-0.2, -0.15) is 0 Å². The van der Waals surface area contributed by atoms with Gasteiger partial charge in [0, 0.05) is 6.54 Å². The maximum absolute atomic E-state index is 9.57. The number of thiazole rings is 1. The van der Waals surface area contributed by atoms with Gasteiger partial charge in [0.1, 0.15) is 5.00 Å². The molecule has 0 aliphatic rings. The first-order valence-corrected chi connectivity index (χ1v) is 5.53. The standard InChI is InChI=1S/C9H17N3OS/c1-6(2)3-7(13)4-11-9-12-5-8(10)14-9/h5-7,13H,3-4,10H2,1-2H3,(H,11,12). The number of aliphatic hydroxyl groups is 1. The van der Waals surface area contributed by atoms with E-state index in [4.69, 9.17) is 5.73 Å². The molecular formula is C9H17N3OS. The summed E-state index contributed by atoms with van der Waals surface area (Å²) in [5.41, 5.74) is 5.52. The molecule has 0 amide bonds. The largest absolute Gasteiger partial charge is 0.391 e. The van der Waals surface area contributed by atoms with Gasteiger partial charge in [-0.1, -0.05) is 25.2 Å². The molecule has 0 aromatic carbocycles. The summed E-state index contributed by atoms with van der Waals surface area (Å²) in [6.07, 6.45) is 2.09. The van der Waals surface area contributed by atoms with E-state index >= 15 is 0 Å². The minimum atomic E-state index is -0.319. The highest BCUT2D eigenvalue weighted by atomic mass is 32.1. The van der Waals surface area contributed by atoms with Gasteiger partial charge in [-0.3, -0.25) is 0 Å². The Morgan fingerprint density at radius 2 is 2.36 bits per heavy atom. The first kappa shape index (κ1) is 11.3. The summed E-state index contributed by atoms with van der Waals surface area (Å²) in [6.45, 7) is 4.71. The van der Waals surface area contributed by atoms with Gasteiger partial charge in [0.05, 0.1) is 12.3 Å². The summed E-state index contributed by atoms with van der Waals surface area (Å²) in [4.78, 5) is 4.04. The van der Waals surface area contributed by atoms with Crippen molar-refractivity contribution in [3.8, 4) is 0 Å². The lowest BCUT2D eigenvalue weighted by atomic mass is 10.1. The average Bonchev–Trinajstić information content (AvgIpc) is 2.47. The van der Waals surface area contributed by atoms with Gasteiger partial charge >= 0.3 is 0 Å². The predicted molar refractivity (Wildman–Crippen MR) is 60.5 cm³/mol. The van der Waals surface area contributed by atoms with Gasteiger partial charge in [0.25, 0.3) is 0 Å². The summed E-state index contributed by atoms with van der Waals surface area (Å²) in [5.74, 6) is 0.508. The number of nitrogens with two attached hydrogens (primary N) is 1. The number of rotatable bonds is 5. The van der Waals surface area contributed by atoms with Crippen molar-refractivity contribution in [2.75, 3.05) is 17.6 Å². The van der Waals surface area contributed by atoms with Crippen LogP contribution in [0.4, 0.5) is 10.1 Å². The molecule has 1 unspecified atom stereocenters. The van der Waals surface area contributed by atoms with Crippen LogP contribution in [-0.2, 0) is 0 Å². The molecule has 0 fully saturated rings. The molecule has 14 heavy (non-hydrogen) atoms. The zero-order valence-electron chi connectivity index (χ0n) is 8.53. The molecule has 1 aromatic heterocycles. The second-order valence-corrected chi connectivity index (χ2v) is 4.79. The van der Waals surface area contributed by atoms with Gasteiger partial charge in [-0.05, 0) is 12.3 Å². The van der Waals surface area contributed by atoms with Gasteiger partial charge in [0.15, 0.2) is 5.13 Å². The van der Waals surface area contributed by atoms with E-state index in [0.717, 1.165) is 11.6 Å². The van der Waals surface area contributed by atoms with Crippen LogP contribution in [-0.4, -0.2) is 22.7 Å². The third-order valence-corrected chi connectivity index (χ3v) is 2.54. The molecule has 1 atom stereocenters. The first-order chi connectivity index (χ1) is 6.58. The van der Waals surface area contributed by atoms with Crippen LogP contribution >= 0.6 is 11.3 Å². The van der Waals surface area contributed by atoms with Crippen molar-refractivity contribution in [1.82, 2.24) is 4.98 Å². The second kappa shape index (κ2) is 5.17. The molecule has 0 aliphatic carbocycles. The van der Waals surface area contributed by atoms with Crippen molar-refractivity contribution in [2.45, 2.75) is 26.4 Å². The Morgan fingerprint density at radius 1 is 1.64 bits per heavy atom. The van der Waals surface area contributed by atoms with Crippen LogP contribution in [0.1, 0.15) is 20.3 Å². The summed E-state index contributed by atoms with van der Waals surface area (Å²) in [6, 6.07) is 0. The number of hydrogen-bond acceptors (Lipinski definition) is 5. The van der Waals surface area contributed by atoms with Gasteiger partial charge < -0.3 is 16.2 Å². The lowest BCUT2D eigenvalue weighted by molar-refractivity contribution is 0.161. The fourth-order valence-corrected chi connectivity index (χ4v) is 1.79. The Bertz CT molecular complexity index is 275. The maximum Gasteiger partial charge on any atom is 0.184 e. The molecule has 1 heterocycles. The molecule has 4 nitrogen and oxygen atoms in total. The zero-order chi connectivity index (χ0) is 10.6. The predicted octanol–water partition coefficient (Wildman–Crippen LogP) is 1.54. The summed E-state index contributed by atoms with van der Waals surface area (Å²) in [7, 11) is 0. The van der Waals surface area contributed by atoms with Crippen LogP contribution in [0.2, 0.25) is 0 Å². The van der Waals surface area contributed by atoms with Crippen molar-refractivity contribution < 1.29 is 5.11 Å². The third-order valence-electron chi connectivity index (χ3n) is 1.76.